The molecule has 0 aromatic carbocycles. The van der Waals surface area contributed by atoms with Crippen LogP contribution >= 0.6 is 0 Å². The van der Waals surface area contributed by atoms with Crippen LogP contribution in [0.2, 0.25) is 0 Å². The second kappa shape index (κ2) is 5.36. The first-order valence-corrected chi connectivity index (χ1v) is 6.59. The zero-order chi connectivity index (χ0) is 13.9. The topological polar surface area (TPSA) is 46.1 Å². The van der Waals surface area contributed by atoms with Crippen LogP contribution in [-0.2, 0) is 0 Å². The van der Waals surface area contributed by atoms with Crippen LogP contribution in [0, 0.1) is 5.95 Å². The molecule has 5 heteroatoms. The number of pyridine rings is 2. The summed E-state index contributed by atoms with van der Waals surface area (Å²) >= 11 is 0. The summed E-state index contributed by atoms with van der Waals surface area (Å²) in [5, 5.41) is 0. The summed E-state index contributed by atoms with van der Waals surface area (Å²) in [7, 11) is 0. The van der Waals surface area contributed by atoms with Crippen LogP contribution in [0.3, 0.4) is 0 Å². The van der Waals surface area contributed by atoms with Gasteiger partial charge in [0.25, 0.3) is 5.91 Å². The van der Waals surface area contributed by atoms with Crippen molar-refractivity contribution in [2.24, 2.45) is 0 Å². The second-order valence-corrected chi connectivity index (χ2v) is 4.78. The zero-order valence-corrected chi connectivity index (χ0v) is 10.9. The van der Waals surface area contributed by atoms with Gasteiger partial charge in [0.15, 0.2) is 0 Å². The summed E-state index contributed by atoms with van der Waals surface area (Å²) < 4.78 is 13.7. The average molecular weight is 271 g/mol. The Morgan fingerprint density at radius 1 is 1.30 bits per heavy atom. The molecule has 0 bridgehead atoms. The Kier molecular flexibility index (Phi) is 3.41. The summed E-state index contributed by atoms with van der Waals surface area (Å²) in [5.41, 5.74) is 1.02. The molecule has 3 heterocycles. The normalized spacial score (nSPS) is 18.2. The van der Waals surface area contributed by atoms with E-state index in [0.717, 1.165) is 18.4 Å². The summed E-state index contributed by atoms with van der Waals surface area (Å²) in [6, 6.07) is 6.81. The fourth-order valence-corrected chi connectivity index (χ4v) is 2.63. The number of halogens is 1. The number of carbonyl (C=O) groups excluding carboxylic acids is 1. The van der Waals surface area contributed by atoms with Crippen LogP contribution in [0.1, 0.15) is 34.8 Å². The van der Waals surface area contributed by atoms with Crippen molar-refractivity contribution in [3.05, 3.63) is 59.9 Å². The predicted molar refractivity (Wildman–Crippen MR) is 71.4 cm³/mol. The van der Waals surface area contributed by atoms with E-state index in [-0.39, 0.29) is 17.5 Å². The highest BCUT2D eigenvalue weighted by Gasteiger charge is 2.31. The van der Waals surface area contributed by atoms with Crippen molar-refractivity contribution in [1.29, 1.82) is 0 Å². The van der Waals surface area contributed by atoms with Gasteiger partial charge in [-0.1, -0.05) is 6.07 Å². The Balaban J connectivity index is 1.90. The Hall–Kier alpha value is -2.30. The number of hydrogen-bond donors (Lipinski definition) is 0. The third kappa shape index (κ3) is 2.27. The number of hydrogen-bond acceptors (Lipinski definition) is 3. The van der Waals surface area contributed by atoms with E-state index in [1.165, 1.54) is 12.3 Å². The van der Waals surface area contributed by atoms with Crippen LogP contribution in [0.5, 0.6) is 0 Å². The van der Waals surface area contributed by atoms with Crippen molar-refractivity contribution in [1.82, 2.24) is 14.9 Å². The number of nitrogens with zero attached hydrogens (tertiary/aromatic N) is 3. The summed E-state index contributed by atoms with van der Waals surface area (Å²) in [6.07, 6.45) is 6.59. The molecule has 0 aliphatic carbocycles. The first-order valence-electron chi connectivity index (χ1n) is 6.59. The van der Waals surface area contributed by atoms with Crippen LogP contribution in [0.25, 0.3) is 0 Å². The monoisotopic (exact) mass is 271 g/mol. The molecule has 1 unspecified atom stereocenters. The number of likely N-dealkylation sites (tertiary alicyclic amines) is 1. The standard InChI is InChI=1S/C15H14FN3O/c16-14-12(5-2-8-18-14)15(20)19-9-3-6-13(19)11-4-1-7-17-10-11/h1-2,4-5,7-8,10,13H,3,6,9H2. The van der Waals surface area contributed by atoms with E-state index >= 15 is 0 Å². The lowest BCUT2D eigenvalue weighted by Gasteiger charge is -2.24. The predicted octanol–water partition coefficient (Wildman–Crippen LogP) is 2.59. The van der Waals surface area contributed by atoms with E-state index in [2.05, 4.69) is 9.97 Å². The summed E-state index contributed by atoms with van der Waals surface area (Å²) in [5.74, 6) is -1.02. The van der Waals surface area contributed by atoms with Crippen molar-refractivity contribution in [2.75, 3.05) is 6.54 Å². The van der Waals surface area contributed by atoms with Gasteiger partial charge in [-0.3, -0.25) is 9.78 Å². The molecule has 1 atom stereocenters. The van der Waals surface area contributed by atoms with Crippen molar-refractivity contribution >= 4 is 5.91 Å². The smallest absolute Gasteiger partial charge is 0.259 e. The molecule has 0 saturated carbocycles. The number of rotatable bonds is 2. The van der Waals surface area contributed by atoms with E-state index < -0.39 is 5.95 Å². The molecular weight excluding hydrogens is 257 g/mol. The molecule has 1 saturated heterocycles. The van der Waals surface area contributed by atoms with Crippen LogP contribution in [-0.4, -0.2) is 27.3 Å². The van der Waals surface area contributed by atoms with E-state index in [9.17, 15) is 9.18 Å². The van der Waals surface area contributed by atoms with Gasteiger partial charge in [0.05, 0.1) is 11.6 Å². The highest BCUT2D eigenvalue weighted by atomic mass is 19.1. The third-order valence-corrected chi connectivity index (χ3v) is 3.57. The highest BCUT2D eigenvalue weighted by Crippen LogP contribution is 2.32. The Labute approximate surface area is 116 Å². The van der Waals surface area contributed by atoms with Gasteiger partial charge in [-0.25, -0.2) is 4.98 Å². The van der Waals surface area contributed by atoms with Crippen molar-refractivity contribution in [2.45, 2.75) is 18.9 Å². The molecule has 102 valence electrons. The Morgan fingerprint density at radius 3 is 2.90 bits per heavy atom. The lowest BCUT2D eigenvalue weighted by molar-refractivity contribution is 0.0729. The summed E-state index contributed by atoms with van der Waals surface area (Å²) in [4.78, 5) is 21.8. The molecule has 0 N–H and O–H groups in total. The van der Waals surface area contributed by atoms with Gasteiger partial charge in [-0.15, -0.1) is 0 Å². The minimum absolute atomic E-state index is 0.0308. The lowest BCUT2D eigenvalue weighted by Crippen LogP contribution is -2.31. The molecule has 2 aromatic heterocycles. The first kappa shape index (κ1) is 12.7. The molecule has 20 heavy (non-hydrogen) atoms. The molecule has 1 aliphatic rings. The number of amides is 1. The SMILES string of the molecule is O=C(c1cccnc1F)N1CCCC1c1cccnc1. The molecule has 3 rings (SSSR count). The quantitative estimate of drug-likeness (QED) is 0.789. The minimum Gasteiger partial charge on any atom is -0.331 e. The minimum atomic E-state index is -0.714. The van der Waals surface area contributed by atoms with Crippen LogP contribution in [0.4, 0.5) is 4.39 Å². The maximum absolute atomic E-state index is 13.7. The van der Waals surface area contributed by atoms with Crippen molar-refractivity contribution in [3.63, 3.8) is 0 Å². The van der Waals surface area contributed by atoms with Gasteiger partial charge in [-0.05, 0) is 36.6 Å². The number of aromatic nitrogens is 2. The molecule has 1 amide bonds. The lowest BCUT2D eigenvalue weighted by atomic mass is 10.1. The third-order valence-electron chi connectivity index (χ3n) is 3.57. The number of carbonyl (C=O) groups is 1. The van der Waals surface area contributed by atoms with Gasteiger partial charge < -0.3 is 4.90 Å². The van der Waals surface area contributed by atoms with Gasteiger partial charge in [0.2, 0.25) is 5.95 Å². The molecule has 0 radical (unpaired) electrons. The molecule has 2 aromatic rings. The van der Waals surface area contributed by atoms with Crippen molar-refractivity contribution < 1.29 is 9.18 Å². The van der Waals surface area contributed by atoms with E-state index in [0.29, 0.717) is 6.54 Å². The molecule has 0 spiro atoms. The van der Waals surface area contributed by atoms with Crippen LogP contribution in [0.15, 0.2) is 42.9 Å². The Bertz CT molecular complexity index is 618. The van der Waals surface area contributed by atoms with Gasteiger partial charge in [0.1, 0.15) is 0 Å². The van der Waals surface area contributed by atoms with E-state index in [4.69, 9.17) is 0 Å². The molecule has 4 nitrogen and oxygen atoms in total. The second-order valence-electron chi connectivity index (χ2n) is 4.78. The largest absolute Gasteiger partial charge is 0.331 e. The molecule has 1 fully saturated rings. The molecule has 1 aliphatic heterocycles. The maximum atomic E-state index is 13.7. The fraction of sp³-hybridized carbons (Fsp3) is 0.267. The van der Waals surface area contributed by atoms with Gasteiger partial charge >= 0.3 is 0 Å². The van der Waals surface area contributed by atoms with E-state index in [1.807, 2.05) is 12.1 Å². The summed E-state index contributed by atoms with van der Waals surface area (Å²) in [6.45, 7) is 0.632. The van der Waals surface area contributed by atoms with Crippen LogP contribution < -0.4 is 0 Å². The maximum Gasteiger partial charge on any atom is 0.259 e. The van der Waals surface area contributed by atoms with E-state index in [1.54, 1.807) is 23.4 Å². The van der Waals surface area contributed by atoms with Crippen molar-refractivity contribution in [3.8, 4) is 0 Å². The highest BCUT2D eigenvalue weighted by molar-refractivity contribution is 5.94. The fourth-order valence-electron chi connectivity index (χ4n) is 2.63. The zero-order valence-electron chi connectivity index (χ0n) is 10.9. The molecular formula is C15H14FN3O. The van der Waals surface area contributed by atoms with Gasteiger partial charge in [0, 0.05) is 25.1 Å². The van der Waals surface area contributed by atoms with Gasteiger partial charge in [-0.2, -0.15) is 4.39 Å². The first-order chi connectivity index (χ1) is 9.77. The average Bonchev–Trinajstić information content (AvgIpc) is 2.97. The Morgan fingerprint density at radius 2 is 2.15 bits per heavy atom.